The molecule has 0 unspecified atom stereocenters. The summed E-state index contributed by atoms with van der Waals surface area (Å²) in [5, 5.41) is 18.5. The van der Waals surface area contributed by atoms with Crippen molar-refractivity contribution >= 4 is 63.6 Å². The second kappa shape index (κ2) is 22.0. The molecule has 0 fully saturated rings. The maximum atomic E-state index is 12.2. The number of carbonyl (C=O) groups is 3. The number of pyridine rings is 2. The molecule has 3 aromatic heterocycles. The number of rotatable bonds is 16. The molecule has 0 aliphatic carbocycles. The van der Waals surface area contributed by atoms with Crippen LogP contribution in [0.5, 0.6) is 0 Å². The van der Waals surface area contributed by atoms with Gasteiger partial charge in [-0.2, -0.15) is 0 Å². The third-order valence-electron chi connectivity index (χ3n) is 8.04. The molecule has 3 heterocycles. The van der Waals surface area contributed by atoms with E-state index >= 15 is 0 Å². The van der Waals surface area contributed by atoms with Crippen LogP contribution in [0.25, 0.3) is 10.9 Å². The van der Waals surface area contributed by atoms with Crippen LogP contribution in [0.1, 0.15) is 40.5 Å². The minimum absolute atomic E-state index is 0.183. The van der Waals surface area contributed by atoms with E-state index in [2.05, 4.69) is 79.4 Å². The van der Waals surface area contributed by atoms with Gasteiger partial charge < -0.3 is 31.1 Å². The quantitative estimate of drug-likeness (QED) is 0.0724. The monoisotopic (exact) mass is 721 g/mol. The number of nitrogens with zero attached hydrogens (tertiary/aromatic N) is 5. The Morgan fingerprint density at radius 3 is 1.82 bits per heavy atom. The molecule has 5 amide bonds. The van der Waals surface area contributed by atoms with Crippen LogP contribution in [0.3, 0.4) is 0 Å². The van der Waals surface area contributed by atoms with E-state index in [0.717, 1.165) is 74.4 Å². The zero-order valence-electron chi connectivity index (χ0n) is 30.3. The van der Waals surface area contributed by atoms with Crippen LogP contribution >= 0.6 is 11.6 Å². The Bertz CT molecular complexity index is 1680. The number of urea groups is 2. The van der Waals surface area contributed by atoms with Crippen molar-refractivity contribution < 1.29 is 14.4 Å². The molecule has 4 aromatic rings. The van der Waals surface area contributed by atoms with Crippen molar-refractivity contribution in [2.24, 2.45) is 0 Å². The highest BCUT2D eigenvalue weighted by atomic mass is 35.5. The topological polar surface area (TPSA) is 161 Å². The molecule has 0 bridgehead atoms. The van der Waals surface area contributed by atoms with E-state index in [1.54, 1.807) is 48.4 Å². The molecule has 6 N–H and O–H groups in total. The van der Waals surface area contributed by atoms with E-state index in [-0.39, 0.29) is 18.1 Å². The maximum Gasteiger partial charge on any atom is 0.325 e. The van der Waals surface area contributed by atoms with E-state index in [1.165, 1.54) is 0 Å². The fraction of sp³-hybridized carbons (Fsp3) is 0.417. The summed E-state index contributed by atoms with van der Waals surface area (Å²) in [7, 11) is 1.60. The Hall–Kier alpha value is -4.92. The summed E-state index contributed by atoms with van der Waals surface area (Å²) >= 11 is 5.80. The minimum Gasteiger partial charge on any atom is -0.355 e. The molecule has 0 aliphatic rings. The average molecular weight is 722 g/mol. The molecule has 51 heavy (non-hydrogen) atoms. The Balaban J connectivity index is 0.000000316. The van der Waals surface area contributed by atoms with Gasteiger partial charge in [-0.05, 0) is 94.6 Å². The zero-order valence-corrected chi connectivity index (χ0v) is 31.0. The number of aromatic nitrogens is 3. The predicted molar refractivity (Wildman–Crippen MR) is 207 cm³/mol. The van der Waals surface area contributed by atoms with Gasteiger partial charge in [0.05, 0.1) is 5.52 Å². The van der Waals surface area contributed by atoms with Gasteiger partial charge in [0, 0.05) is 66.6 Å². The summed E-state index contributed by atoms with van der Waals surface area (Å²) in [5.41, 5.74) is 2.48. The summed E-state index contributed by atoms with van der Waals surface area (Å²) < 4.78 is 1.56. The van der Waals surface area contributed by atoms with Gasteiger partial charge in [0.2, 0.25) is 0 Å². The molecule has 4 rings (SSSR count). The van der Waals surface area contributed by atoms with E-state index in [9.17, 15) is 14.4 Å². The number of halogens is 1. The summed E-state index contributed by atoms with van der Waals surface area (Å²) in [6, 6.07) is 13.8. The Kier molecular flexibility index (Phi) is 17.5. The smallest absolute Gasteiger partial charge is 0.325 e. The zero-order chi connectivity index (χ0) is 37.0. The first-order chi connectivity index (χ1) is 24.7. The van der Waals surface area contributed by atoms with E-state index in [0.29, 0.717) is 29.7 Å². The van der Waals surface area contributed by atoms with Gasteiger partial charge in [0.15, 0.2) is 0 Å². The highest BCUT2D eigenvalue weighted by Crippen LogP contribution is 2.24. The number of carbonyl (C=O) groups excluding carboxylic acids is 3. The van der Waals surface area contributed by atoms with Crippen molar-refractivity contribution in [3.8, 4) is 0 Å². The van der Waals surface area contributed by atoms with Crippen molar-refractivity contribution in [2.75, 3.05) is 75.4 Å². The SMILES string of the molecule is CCN(CC)CCCNC(=O)Nc1cc(Cl)ccn1.CCN(CC)CCCNC(=O)Nc1cc(Nc2ccc3c(ccn3C(=O)NC)c2)ccn1. The minimum atomic E-state index is -0.272. The van der Waals surface area contributed by atoms with Crippen molar-refractivity contribution in [1.82, 2.24) is 40.3 Å². The van der Waals surface area contributed by atoms with Gasteiger partial charge in [-0.15, -0.1) is 0 Å². The molecule has 0 saturated carbocycles. The number of hydrogen-bond acceptors (Lipinski definition) is 8. The van der Waals surface area contributed by atoms with Gasteiger partial charge in [-0.25, -0.2) is 24.4 Å². The van der Waals surface area contributed by atoms with Gasteiger partial charge in [-0.1, -0.05) is 39.3 Å². The molecule has 0 saturated heterocycles. The molecular weight excluding hydrogens is 670 g/mol. The van der Waals surface area contributed by atoms with Crippen LogP contribution in [0.2, 0.25) is 5.02 Å². The summed E-state index contributed by atoms with van der Waals surface area (Å²) in [5.74, 6) is 0.914. The molecular formula is C36H52ClN11O3. The second-order valence-corrected chi connectivity index (χ2v) is 11.9. The van der Waals surface area contributed by atoms with Crippen molar-refractivity contribution in [2.45, 2.75) is 40.5 Å². The molecule has 0 aliphatic heterocycles. The lowest BCUT2D eigenvalue weighted by atomic mass is 10.2. The Labute approximate surface area is 305 Å². The van der Waals surface area contributed by atoms with Crippen molar-refractivity contribution in [3.63, 3.8) is 0 Å². The fourth-order valence-corrected chi connectivity index (χ4v) is 5.30. The van der Waals surface area contributed by atoms with Crippen molar-refractivity contribution in [3.05, 3.63) is 72.1 Å². The number of benzene rings is 1. The summed E-state index contributed by atoms with van der Waals surface area (Å²) in [6.07, 6.45) is 6.76. The third kappa shape index (κ3) is 14.1. The van der Waals surface area contributed by atoms with E-state index in [1.807, 2.05) is 30.3 Å². The number of anilines is 4. The van der Waals surface area contributed by atoms with Crippen LogP contribution in [0.15, 0.2) is 67.1 Å². The Morgan fingerprint density at radius 1 is 0.725 bits per heavy atom. The highest BCUT2D eigenvalue weighted by molar-refractivity contribution is 6.30. The molecule has 15 heteroatoms. The first-order valence-corrected chi connectivity index (χ1v) is 17.8. The fourth-order valence-electron chi connectivity index (χ4n) is 5.14. The van der Waals surface area contributed by atoms with Crippen LogP contribution < -0.4 is 31.9 Å². The first-order valence-electron chi connectivity index (χ1n) is 17.4. The van der Waals surface area contributed by atoms with E-state index in [4.69, 9.17) is 11.6 Å². The standard InChI is InChI=1S/C23H31N7O2.C13H21ClN4O/c1-4-29(5-2)13-6-11-26-22(31)28-21-16-19(9-12-25-21)27-18-7-8-20-17(15-18)10-14-30(20)23(32)24-3;1-3-18(4-2)9-5-7-16-13(19)17-12-10-11(14)6-8-15-12/h7-10,12,14-16H,4-6,11,13H2,1-3H3,(H,24,32)(H3,25,26,27,28,31);6,8,10H,3-5,7,9H2,1-2H3,(H2,15,16,17,19). The lowest BCUT2D eigenvalue weighted by molar-refractivity contribution is 0.245. The molecule has 1 aromatic carbocycles. The molecule has 0 atom stereocenters. The molecule has 0 spiro atoms. The normalized spacial score (nSPS) is 10.7. The van der Waals surface area contributed by atoms with Gasteiger partial charge >= 0.3 is 18.1 Å². The number of amides is 5. The molecule has 276 valence electrons. The maximum absolute atomic E-state index is 12.2. The van der Waals surface area contributed by atoms with Gasteiger partial charge in [0.25, 0.3) is 0 Å². The first kappa shape index (κ1) is 40.5. The second-order valence-electron chi connectivity index (χ2n) is 11.5. The number of nitrogens with one attached hydrogen (secondary N) is 6. The number of hydrogen-bond donors (Lipinski definition) is 6. The lowest BCUT2D eigenvalue weighted by Crippen LogP contribution is -2.32. The summed E-state index contributed by atoms with van der Waals surface area (Å²) in [4.78, 5) is 48.5. The lowest BCUT2D eigenvalue weighted by Gasteiger charge is -2.17. The largest absolute Gasteiger partial charge is 0.355 e. The van der Waals surface area contributed by atoms with Crippen LogP contribution in [-0.2, 0) is 0 Å². The highest BCUT2D eigenvalue weighted by Gasteiger charge is 2.09. The van der Waals surface area contributed by atoms with Gasteiger partial charge in [0.1, 0.15) is 11.6 Å². The van der Waals surface area contributed by atoms with Gasteiger partial charge in [-0.3, -0.25) is 15.2 Å². The van der Waals surface area contributed by atoms with Crippen molar-refractivity contribution in [1.29, 1.82) is 0 Å². The Morgan fingerprint density at radius 2 is 1.27 bits per heavy atom. The average Bonchev–Trinajstić information content (AvgIpc) is 3.55. The van der Waals surface area contributed by atoms with Crippen LogP contribution in [0, 0.1) is 0 Å². The third-order valence-corrected chi connectivity index (χ3v) is 8.27. The molecule has 0 radical (unpaired) electrons. The van der Waals surface area contributed by atoms with Crippen LogP contribution in [0.4, 0.5) is 37.4 Å². The van der Waals surface area contributed by atoms with E-state index < -0.39 is 0 Å². The van der Waals surface area contributed by atoms with Crippen LogP contribution in [-0.4, -0.2) is 102 Å². The summed E-state index contributed by atoms with van der Waals surface area (Å²) in [6.45, 7) is 15.8. The number of fused-ring (bicyclic) bond motifs is 1. The predicted octanol–water partition coefficient (Wildman–Crippen LogP) is 6.41. The molecule has 14 nitrogen and oxygen atoms in total.